The zero-order valence-corrected chi connectivity index (χ0v) is 10.8. The third-order valence-corrected chi connectivity index (χ3v) is 4.53. The van der Waals surface area contributed by atoms with Crippen molar-refractivity contribution < 1.29 is 18.3 Å². The van der Waals surface area contributed by atoms with Gasteiger partial charge in [0.25, 0.3) is 5.72 Å². The molecule has 1 N–H and O–H groups in total. The Morgan fingerprint density at radius 1 is 1.32 bits per heavy atom. The molecule has 1 aliphatic heterocycles. The Morgan fingerprint density at radius 2 is 2.05 bits per heavy atom. The van der Waals surface area contributed by atoms with E-state index < -0.39 is 18.3 Å². The molecule has 0 bridgehead atoms. The molecule has 2 heterocycles. The number of aryl methyl sites for hydroxylation is 2. The van der Waals surface area contributed by atoms with Gasteiger partial charge in [0.2, 0.25) is 5.13 Å². The number of hydrazone groups is 1. The van der Waals surface area contributed by atoms with E-state index in [1.165, 1.54) is 11.3 Å². The third kappa shape index (κ3) is 1.93. The molecule has 0 saturated heterocycles. The second-order valence-corrected chi connectivity index (χ2v) is 5.76. The number of halogens is 3. The Bertz CT molecular complexity index is 504. The van der Waals surface area contributed by atoms with Crippen molar-refractivity contribution in [3.05, 3.63) is 10.6 Å². The van der Waals surface area contributed by atoms with E-state index in [1.54, 1.807) is 0 Å². The second-order valence-electron chi connectivity index (χ2n) is 4.70. The molecule has 4 nitrogen and oxygen atoms in total. The van der Waals surface area contributed by atoms with Gasteiger partial charge < -0.3 is 5.11 Å². The first-order chi connectivity index (χ1) is 8.92. The molecule has 2 aliphatic rings. The fourth-order valence-electron chi connectivity index (χ4n) is 2.30. The molecule has 1 aromatic rings. The Labute approximate surface area is 111 Å². The average molecular weight is 291 g/mol. The number of rotatable bonds is 1. The predicted octanol–water partition coefficient (Wildman–Crippen LogP) is 2.47. The monoisotopic (exact) mass is 291 g/mol. The Kier molecular flexibility index (Phi) is 2.82. The molecule has 1 aliphatic carbocycles. The van der Waals surface area contributed by atoms with E-state index >= 15 is 0 Å². The fraction of sp³-hybridized carbons (Fsp3) is 0.636. The molecule has 0 aromatic carbocycles. The van der Waals surface area contributed by atoms with Gasteiger partial charge in [-0.3, -0.25) is 0 Å². The number of fused-ring (bicyclic) bond motifs is 1. The summed E-state index contributed by atoms with van der Waals surface area (Å²) < 4.78 is 38.9. The highest BCUT2D eigenvalue weighted by Gasteiger charge is 2.60. The van der Waals surface area contributed by atoms with Crippen molar-refractivity contribution in [1.82, 2.24) is 4.98 Å². The number of aromatic nitrogens is 1. The summed E-state index contributed by atoms with van der Waals surface area (Å²) in [6.07, 6.45) is -0.600. The van der Waals surface area contributed by atoms with Crippen LogP contribution in [0.2, 0.25) is 0 Å². The Morgan fingerprint density at radius 3 is 2.74 bits per heavy atom. The van der Waals surface area contributed by atoms with Crippen LogP contribution in [0.25, 0.3) is 0 Å². The number of hydrogen-bond donors (Lipinski definition) is 1. The van der Waals surface area contributed by atoms with Crippen molar-refractivity contribution in [3.63, 3.8) is 0 Å². The fourth-order valence-corrected chi connectivity index (χ4v) is 3.48. The molecule has 1 aromatic heterocycles. The Hall–Kier alpha value is -1.15. The van der Waals surface area contributed by atoms with Gasteiger partial charge in [-0.05, 0) is 25.7 Å². The number of thiazole rings is 1. The molecule has 1 atom stereocenters. The van der Waals surface area contributed by atoms with Gasteiger partial charge in [-0.15, -0.1) is 0 Å². The maximum absolute atomic E-state index is 13.0. The Balaban J connectivity index is 1.97. The van der Waals surface area contributed by atoms with E-state index in [9.17, 15) is 18.3 Å². The van der Waals surface area contributed by atoms with Crippen LogP contribution in [-0.4, -0.2) is 28.2 Å². The molecular formula is C11H12F3N3OS. The lowest BCUT2D eigenvalue weighted by Crippen LogP contribution is -2.54. The van der Waals surface area contributed by atoms with Crippen LogP contribution in [0.3, 0.4) is 0 Å². The smallest absolute Gasteiger partial charge is 0.362 e. The first-order valence-electron chi connectivity index (χ1n) is 6.02. The minimum absolute atomic E-state index is 0.125. The van der Waals surface area contributed by atoms with Gasteiger partial charge in [0.05, 0.1) is 5.69 Å². The van der Waals surface area contributed by atoms with Gasteiger partial charge in [-0.25, -0.2) is 4.98 Å². The highest BCUT2D eigenvalue weighted by Crippen LogP contribution is 2.43. The summed E-state index contributed by atoms with van der Waals surface area (Å²) in [5.41, 5.74) is -2.12. The van der Waals surface area contributed by atoms with Crippen molar-refractivity contribution in [2.75, 3.05) is 5.01 Å². The van der Waals surface area contributed by atoms with Gasteiger partial charge in [0, 0.05) is 17.5 Å². The molecule has 0 radical (unpaired) electrons. The summed E-state index contributed by atoms with van der Waals surface area (Å²) in [4.78, 5) is 5.22. The molecular weight excluding hydrogens is 279 g/mol. The number of aliphatic hydroxyl groups is 1. The van der Waals surface area contributed by atoms with E-state index in [1.807, 2.05) is 0 Å². The van der Waals surface area contributed by atoms with Crippen LogP contribution in [0.1, 0.15) is 29.8 Å². The van der Waals surface area contributed by atoms with E-state index in [-0.39, 0.29) is 5.13 Å². The first-order valence-corrected chi connectivity index (χ1v) is 6.84. The van der Waals surface area contributed by atoms with Gasteiger partial charge in [0.1, 0.15) is 0 Å². The number of hydrogen-bond acceptors (Lipinski definition) is 5. The largest absolute Gasteiger partial charge is 0.438 e. The quantitative estimate of drug-likeness (QED) is 0.864. The highest BCUT2D eigenvalue weighted by molar-refractivity contribution is 7.15. The lowest BCUT2D eigenvalue weighted by atomic mass is 10.0. The number of nitrogens with zero attached hydrogens (tertiary/aromatic N) is 3. The third-order valence-electron chi connectivity index (χ3n) is 3.39. The zero-order valence-electron chi connectivity index (χ0n) is 9.94. The summed E-state index contributed by atoms with van der Waals surface area (Å²) in [7, 11) is 0. The van der Waals surface area contributed by atoms with Crippen molar-refractivity contribution in [2.24, 2.45) is 5.10 Å². The average Bonchev–Trinajstić information content (AvgIpc) is 2.91. The number of anilines is 1. The molecule has 1 unspecified atom stereocenters. The molecule has 0 fully saturated rings. The van der Waals surface area contributed by atoms with Crippen LogP contribution in [0.5, 0.6) is 0 Å². The lowest BCUT2D eigenvalue weighted by molar-refractivity contribution is -0.254. The normalized spacial score (nSPS) is 26.8. The van der Waals surface area contributed by atoms with Crippen LogP contribution in [0.15, 0.2) is 5.10 Å². The molecule has 8 heteroatoms. The van der Waals surface area contributed by atoms with Crippen LogP contribution in [0, 0.1) is 0 Å². The van der Waals surface area contributed by atoms with Crippen LogP contribution in [0.4, 0.5) is 18.3 Å². The van der Waals surface area contributed by atoms with Crippen molar-refractivity contribution in [1.29, 1.82) is 0 Å². The van der Waals surface area contributed by atoms with Crippen molar-refractivity contribution >= 4 is 22.7 Å². The summed E-state index contributed by atoms with van der Waals surface area (Å²) in [5.74, 6) is 0. The lowest BCUT2D eigenvalue weighted by Gasteiger charge is -2.32. The maximum Gasteiger partial charge on any atom is 0.438 e. The molecule has 104 valence electrons. The van der Waals surface area contributed by atoms with Gasteiger partial charge in [-0.2, -0.15) is 23.3 Å². The topological polar surface area (TPSA) is 48.7 Å². The minimum atomic E-state index is -4.77. The highest BCUT2D eigenvalue weighted by atomic mass is 32.1. The van der Waals surface area contributed by atoms with Gasteiger partial charge in [-0.1, -0.05) is 11.3 Å². The predicted molar refractivity (Wildman–Crippen MR) is 65.3 cm³/mol. The van der Waals surface area contributed by atoms with Crippen LogP contribution < -0.4 is 5.01 Å². The van der Waals surface area contributed by atoms with Crippen molar-refractivity contribution in [3.8, 4) is 0 Å². The molecule has 3 rings (SSSR count). The summed E-state index contributed by atoms with van der Waals surface area (Å²) in [6.45, 7) is 0. The first kappa shape index (κ1) is 12.9. The van der Waals surface area contributed by atoms with Crippen LogP contribution in [-0.2, 0) is 12.8 Å². The van der Waals surface area contributed by atoms with E-state index in [4.69, 9.17) is 0 Å². The minimum Gasteiger partial charge on any atom is -0.362 e. The molecule has 0 saturated carbocycles. The molecule has 19 heavy (non-hydrogen) atoms. The van der Waals surface area contributed by atoms with E-state index in [2.05, 4.69) is 10.1 Å². The summed E-state index contributed by atoms with van der Waals surface area (Å²) >= 11 is 1.19. The zero-order chi connectivity index (χ0) is 13.7. The van der Waals surface area contributed by atoms with Gasteiger partial charge in [0.15, 0.2) is 0 Å². The van der Waals surface area contributed by atoms with Crippen molar-refractivity contribution in [2.45, 2.75) is 44.0 Å². The van der Waals surface area contributed by atoms with Crippen LogP contribution >= 0.6 is 11.3 Å². The molecule has 0 spiro atoms. The number of alkyl halides is 3. The standard InChI is InChI=1S/C11H12F3N3OS/c12-11(13,14)10(18)5-6-15-17(10)9-16-7-3-1-2-4-8(7)19-9/h6,18H,1-5H2. The summed E-state index contributed by atoms with van der Waals surface area (Å²) in [6, 6.07) is 0. The maximum atomic E-state index is 13.0. The van der Waals surface area contributed by atoms with E-state index in [0.717, 1.165) is 42.5 Å². The summed E-state index contributed by atoms with van der Waals surface area (Å²) in [5, 5.41) is 14.2. The SMILES string of the molecule is OC1(C(F)(F)F)CC=NN1c1nc2c(s1)CCCC2. The second kappa shape index (κ2) is 4.17. The molecule has 0 amide bonds. The van der Waals surface area contributed by atoms with E-state index in [0.29, 0.717) is 5.01 Å². The van der Waals surface area contributed by atoms with Gasteiger partial charge >= 0.3 is 6.18 Å².